The van der Waals surface area contributed by atoms with Gasteiger partial charge in [-0.15, -0.1) is 24.0 Å². The van der Waals surface area contributed by atoms with Crippen molar-refractivity contribution >= 4 is 45.6 Å². The number of hydrogen-bond acceptors (Lipinski definition) is 4. The van der Waals surface area contributed by atoms with E-state index < -0.39 is 10.0 Å². The van der Waals surface area contributed by atoms with Gasteiger partial charge in [-0.3, -0.25) is 4.72 Å². The van der Waals surface area contributed by atoms with Crippen LogP contribution in [0.3, 0.4) is 0 Å². The van der Waals surface area contributed by atoms with Crippen molar-refractivity contribution in [3.05, 3.63) is 59.9 Å². The average Bonchev–Trinajstić information content (AvgIpc) is 2.64. The number of sulfonamides is 1. The summed E-state index contributed by atoms with van der Waals surface area (Å²) in [6, 6.07) is 13.1. The number of anilines is 1. The van der Waals surface area contributed by atoms with Crippen molar-refractivity contribution in [1.29, 1.82) is 0 Å². The summed E-state index contributed by atoms with van der Waals surface area (Å²) >= 11 is 0. The van der Waals surface area contributed by atoms with Crippen LogP contribution in [0.4, 0.5) is 10.1 Å². The maximum Gasteiger partial charge on any atom is 0.229 e. The van der Waals surface area contributed by atoms with Crippen molar-refractivity contribution in [3.63, 3.8) is 0 Å². The number of aliphatic imine (C=N–C) groups is 1. The molecule has 0 aliphatic rings. The van der Waals surface area contributed by atoms with Crippen LogP contribution in [-0.2, 0) is 16.6 Å². The van der Waals surface area contributed by atoms with Gasteiger partial charge < -0.3 is 15.4 Å². The zero-order valence-corrected chi connectivity index (χ0v) is 20.3. The summed E-state index contributed by atoms with van der Waals surface area (Å²) in [5.41, 5.74) is 1.25. The lowest BCUT2D eigenvalue weighted by atomic mass is 10.2. The van der Waals surface area contributed by atoms with Crippen LogP contribution >= 0.6 is 24.0 Å². The molecule has 0 aliphatic carbocycles. The molecule has 2 aromatic rings. The number of rotatable bonds is 9. The third-order valence-electron chi connectivity index (χ3n) is 3.75. The van der Waals surface area contributed by atoms with E-state index in [1.54, 1.807) is 24.3 Å². The van der Waals surface area contributed by atoms with E-state index in [2.05, 4.69) is 20.3 Å². The molecular formula is C20H28FIN4O3S. The molecule has 2 aromatic carbocycles. The summed E-state index contributed by atoms with van der Waals surface area (Å²) in [5.74, 6) is 0.678. The Labute approximate surface area is 194 Å². The Bertz CT molecular complexity index is 941. The zero-order valence-electron chi connectivity index (χ0n) is 17.2. The van der Waals surface area contributed by atoms with E-state index in [4.69, 9.17) is 4.74 Å². The molecule has 166 valence electrons. The Morgan fingerprint density at radius 3 is 2.57 bits per heavy atom. The van der Waals surface area contributed by atoms with E-state index in [9.17, 15) is 12.8 Å². The van der Waals surface area contributed by atoms with Gasteiger partial charge in [-0.25, -0.2) is 17.8 Å². The number of ether oxygens (including phenoxy) is 1. The van der Waals surface area contributed by atoms with Crippen LogP contribution in [0, 0.1) is 5.82 Å². The van der Waals surface area contributed by atoms with Gasteiger partial charge in [-0.05, 0) is 37.6 Å². The number of halogens is 2. The highest BCUT2D eigenvalue weighted by Gasteiger charge is 2.09. The van der Waals surface area contributed by atoms with Gasteiger partial charge in [0.2, 0.25) is 10.0 Å². The summed E-state index contributed by atoms with van der Waals surface area (Å²) in [7, 11) is -3.38. The van der Waals surface area contributed by atoms with E-state index in [1.807, 2.05) is 26.0 Å². The molecule has 30 heavy (non-hydrogen) atoms. The Kier molecular flexibility index (Phi) is 10.9. The highest BCUT2D eigenvalue weighted by molar-refractivity contribution is 14.0. The molecule has 0 radical (unpaired) electrons. The highest BCUT2D eigenvalue weighted by Crippen LogP contribution is 2.17. The topological polar surface area (TPSA) is 91.8 Å². The summed E-state index contributed by atoms with van der Waals surface area (Å²) < 4.78 is 44.5. The number of benzene rings is 2. The maximum absolute atomic E-state index is 13.3. The molecule has 0 spiro atoms. The first-order chi connectivity index (χ1) is 13.8. The van der Waals surface area contributed by atoms with Gasteiger partial charge in [0.15, 0.2) is 5.96 Å². The molecule has 1 atom stereocenters. The predicted molar refractivity (Wildman–Crippen MR) is 130 cm³/mol. The third-order valence-corrected chi connectivity index (χ3v) is 4.35. The van der Waals surface area contributed by atoms with Crippen molar-refractivity contribution in [2.24, 2.45) is 4.99 Å². The molecule has 0 saturated carbocycles. The first-order valence-corrected chi connectivity index (χ1v) is 11.2. The largest absolute Gasteiger partial charge is 0.489 e. The van der Waals surface area contributed by atoms with Crippen molar-refractivity contribution in [2.75, 3.05) is 24.1 Å². The molecule has 0 aliphatic heterocycles. The first kappa shape index (κ1) is 26.0. The lowest BCUT2D eigenvalue weighted by molar-refractivity contribution is 0.223. The second kappa shape index (κ2) is 12.6. The van der Waals surface area contributed by atoms with Crippen LogP contribution in [0.5, 0.6) is 5.75 Å². The summed E-state index contributed by atoms with van der Waals surface area (Å²) in [6.07, 6.45) is 0.887. The minimum absolute atomic E-state index is 0. The van der Waals surface area contributed by atoms with Crippen molar-refractivity contribution < 1.29 is 17.5 Å². The van der Waals surface area contributed by atoms with Crippen LogP contribution in [0.25, 0.3) is 0 Å². The van der Waals surface area contributed by atoms with Gasteiger partial charge >= 0.3 is 0 Å². The molecule has 0 amide bonds. The van der Waals surface area contributed by atoms with Crippen LogP contribution in [0.15, 0.2) is 53.5 Å². The Balaban J connectivity index is 0.00000450. The van der Waals surface area contributed by atoms with Gasteiger partial charge in [0.25, 0.3) is 0 Å². The number of para-hydroxylation sites is 1. The van der Waals surface area contributed by atoms with Gasteiger partial charge in [0.1, 0.15) is 17.7 Å². The second-order valence-electron chi connectivity index (χ2n) is 6.49. The Hall–Kier alpha value is -2.08. The molecule has 0 bridgehead atoms. The number of nitrogens with one attached hydrogen (secondary N) is 3. The molecule has 0 fully saturated rings. The molecule has 1 unspecified atom stereocenters. The summed E-state index contributed by atoms with van der Waals surface area (Å²) in [5, 5.41) is 6.31. The molecule has 10 heteroatoms. The first-order valence-electron chi connectivity index (χ1n) is 9.27. The fourth-order valence-electron chi connectivity index (χ4n) is 2.52. The molecule has 0 heterocycles. The molecule has 0 aromatic heterocycles. The van der Waals surface area contributed by atoms with E-state index in [1.165, 1.54) is 12.1 Å². The lowest BCUT2D eigenvalue weighted by Gasteiger charge is -2.18. The van der Waals surface area contributed by atoms with Gasteiger partial charge in [0, 0.05) is 12.6 Å². The standard InChI is InChI=1S/C20H27FN4O3S.HI/c1-4-22-20(23-13-15(2)28-18-10-7-9-17(21)12-18)24-14-16-8-5-6-11-19(16)25-29(3,26)27;/h5-12,15,25H,4,13-14H2,1-3H3,(H2,22,23,24);1H. The van der Waals surface area contributed by atoms with Gasteiger partial charge in [0.05, 0.1) is 25.0 Å². The van der Waals surface area contributed by atoms with E-state index in [0.29, 0.717) is 30.5 Å². The number of nitrogens with zero attached hydrogens (tertiary/aromatic N) is 1. The molecule has 3 N–H and O–H groups in total. The van der Waals surface area contributed by atoms with Gasteiger partial charge in [-0.1, -0.05) is 24.3 Å². The van der Waals surface area contributed by atoms with Crippen LogP contribution in [0.2, 0.25) is 0 Å². The molecular weight excluding hydrogens is 522 g/mol. The smallest absolute Gasteiger partial charge is 0.229 e. The monoisotopic (exact) mass is 550 g/mol. The van der Waals surface area contributed by atoms with Gasteiger partial charge in [-0.2, -0.15) is 0 Å². The van der Waals surface area contributed by atoms with Crippen LogP contribution in [-0.4, -0.2) is 39.8 Å². The zero-order chi connectivity index (χ0) is 21.3. The number of guanidine groups is 1. The quantitative estimate of drug-likeness (QED) is 0.253. The lowest BCUT2D eigenvalue weighted by Crippen LogP contribution is -2.41. The highest BCUT2D eigenvalue weighted by atomic mass is 127. The van der Waals surface area contributed by atoms with E-state index in [-0.39, 0.29) is 42.4 Å². The van der Waals surface area contributed by atoms with Crippen molar-refractivity contribution in [3.8, 4) is 5.75 Å². The fraction of sp³-hybridized carbons (Fsp3) is 0.350. The molecule has 0 saturated heterocycles. The normalized spacial score (nSPS) is 12.5. The Morgan fingerprint density at radius 2 is 1.90 bits per heavy atom. The third kappa shape index (κ3) is 9.61. The Morgan fingerprint density at radius 1 is 1.17 bits per heavy atom. The second-order valence-corrected chi connectivity index (χ2v) is 8.24. The van der Waals surface area contributed by atoms with Crippen LogP contribution in [0.1, 0.15) is 19.4 Å². The van der Waals surface area contributed by atoms with Crippen molar-refractivity contribution in [2.45, 2.75) is 26.5 Å². The van der Waals surface area contributed by atoms with Crippen LogP contribution < -0.4 is 20.1 Å². The van der Waals surface area contributed by atoms with E-state index in [0.717, 1.165) is 11.8 Å². The van der Waals surface area contributed by atoms with E-state index >= 15 is 0 Å². The summed E-state index contributed by atoms with van der Waals surface area (Å²) in [4.78, 5) is 4.51. The SMILES string of the molecule is CCNC(=NCc1ccccc1NS(C)(=O)=O)NCC(C)Oc1cccc(F)c1.I. The molecule has 7 nitrogen and oxygen atoms in total. The maximum atomic E-state index is 13.3. The average molecular weight is 550 g/mol. The minimum Gasteiger partial charge on any atom is -0.489 e. The molecule has 2 rings (SSSR count). The fourth-order valence-corrected chi connectivity index (χ4v) is 3.12. The minimum atomic E-state index is -3.38. The van der Waals surface area contributed by atoms with Crippen molar-refractivity contribution in [1.82, 2.24) is 10.6 Å². The summed E-state index contributed by atoms with van der Waals surface area (Å²) in [6.45, 7) is 5.21. The predicted octanol–water partition coefficient (Wildman–Crippen LogP) is 3.34. The number of hydrogen-bond donors (Lipinski definition) is 3.